The first-order valence-electron chi connectivity index (χ1n) is 13.7. The van der Waals surface area contributed by atoms with Gasteiger partial charge in [-0.15, -0.1) is 11.3 Å². The van der Waals surface area contributed by atoms with Crippen molar-refractivity contribution >= 4 is 33.1 Å². The van der Waals surface area contributed by atoms with Gasteiger partial charge in [0.05, 0.1) is 18.2 Å². The van der Waals surface area contributed by atoms with Crippen LogP contribution in [-0.4, -0.2) is 56.7 Å². The lowest BCUT2D eigenvalue weighted by molar-refractivity contribution is -0.140. The number of rotatable bonds is 4. The first-order valence-corrected chi connectivity index (χ1v) is 14.5. The Morgan fingerprint density at radius 2 is 1.97 bits per heavy atom. The van der Waals surface area contributed by atoms with E-state index in [0.717, 1.165) is 68.0 Å². The number of hydrogen-bond donors (Lipinski definition) is 1. The molecule has 6 rings (SSSR count). The number of nitrogens with one attached hydrogen (secondary N) is 1. The largest absolute Gasteiger partial charge is 0.381 e. The molecule has 0 bridgehead atoms. The maximum Gasteiger partial charge on any atom is 0.228 e. The second-order valence-electron chi connectivity index (χ2n) is 11.2. The molecule has 1 amide bonds. The van der Waals surface area contributed by atoms with E-state index in [2.05, 4.69) is 59.9 Å². The molecule has 2 fully saturated rings. The van der Waals surface area contributed by atoms with E-state index in [4.69, 9.17) is 4.74 Å². The van der Waals surface area contributed by atoms with Crippen LogP contribution in [0.4, 0.5) is 0 Å². The summed E-state index contributed by atoms with van der Waals surface area (Å²) in [5.74, 6) is 2.04. The molecule has 8 heteroatoms. The van der Waals surface area contributed by atoms with Gasteiger partial charge in [0.2, 0.25) is 5.91 Å². The van der Waals surface area contributed by atoms with Gasteiger partial charge in [0.15, 0.2) is 5.65 Å². The Balaban J connectivity index is 1.29. The summed E-state index contributed by atoms with van der Waals surface area (Å²) in [6.07, 6.45) is 6.14. The molecule has 2 saturated heterocycles. The number of aromatic nitrogens is 4. The van der Waals surface area contributed by atoms with Crippen LogP contribution in [0.3, 0.4) is 0 Å². The second-order valence-corrected chi connectivity index (χ2v) is 12.3. The van der Waals surface area contributed by atoms with Gasteiger partial charge in [-0.05, 0) is 81.0 Å². The predicted octanol–water partition coefficient (Wildman–Crippen LogP) is 6.12. The summed E-state index contributed by atoms with van der Waals surface area (Å²) in [6, 6.07) is 2.23. The lowest BCUT2D eigenvalue weighted by Crippen LogP contribution is -2.43. The lowest BCUT2D eigenvalue weighted by atomic mass is 9.89. The second kappa shape index (κ2) is 9.55. The number of aryl methyl sites for hydroxylation is 3. The third kappa shape index (κ3) is 4.28. The zero-order valence-corrected chi connectivity index (χ0v) is 23.4. The van der Waals surface area contributed by atoms with Gasteiger partial charge >= 0.3 is 0 Å². The highest BCUT2D eigenvalue weighted by Gasteiger charge is 2.32. The molecule has 6 heterocycles. The molecule has 0 spiro atoms. The van der Waals surface area contributed by atoms with E-state index >= 15 is 0 Å². The van der Waals surface area contributed by atoms with Crippen LogP contribution < -0.4 is 0 Å². The fourth-order valence-electron chi connectivity index (χ4n) is 6.39. The molecule has 4 aromatic rings. The normalized spacial score (nSPS) is 19.5. The number of fused-ring (bicyclic) bond motifs is 2. The Morgan fingerprint density at radius 3 is 2.68 bits per heavy atom. The number of pyridine rings is 1. The molecular weight excluding hydrogens is 482 g/mol. The molecule has 2 aliphatic rings. The van der Waals surface area contributed by atoms with Crippen molar-refractivity contribution in [2.45, 2.75) is 72.1 Å². The highest BCUT2D eigenvalue weighted by molar-refractivity contribution is 7.19. The fourth-order valence-corrected chi connectivity index (χ4v) is 7.79. The number of thiophene rings is 1. The smallest absolute Gasteiger partial charge is 0.228 e. The minimum absolute atomic E-state index is 0.0585. The number of carbonyl (C=O) groups is 1. The monoisotopic (exact) mass is 519 g/mol. The molecule has 196 valence electrons. The molecule has 37 heavy (non-hydrogen) atoms. The number of hydrogen-bond acceptors (Lipinski definition) is 5. The Hall–Kier alpha value is -2.71. The van der Waals surface area contributed by atoms with Crippen molar-refractivity contribution in [3.8, 4) is 11.3 Å². The van der Waals surface area contributed by atoms with Gasteiger partial charge in [0.1, 0.15) is 10.7 Å². The summed E-state index contributed by atoms with van der Waals surface area (Å²) in [5.41, 5.74) is 7.19. The van der Waals surface area contributed by atoms with E-state index in [1.54, 1.807) is 0 Å². The predicted molar refractivity (Wildman–Crippen MR) is 149 cm³/mol. The van der Waals surface area contributed by atoms with Crippen molar-refractivity contribution in [3.05, 3.63) is 39.7 Å². The van der Waals surface area contributed by atoms with E-state index < -0.39 is 0 Å². The number of aromatic amines is 1. The SMILES string of the molecule is Cc1nc2c(C)cc(-c3[nH]c4sc(C5CCN(C(=O)[C@H]6CCCOC6)CC5)c(C)c4c3C(C)C)cn2n1. The van der Waals surface area contributed by atoms with Crippen LogP contribution >= 0.6 is 11.3 Å². The standard InChI is InChI=1S/C29H37N5O2S/c1-16(2)23-24-18(4)26(20-8-10-33(11-9-20)29(35)21-7-6-12-36-15-21)37-28(24)31-25(23)22-13-17(3)27-30-19(5)32-34(27)14-22/h13-14,16,20-21,31H,6-12,15H2,1-5H3/t21-/m0/s1. The fraction of sp³-hybridized carbons (Fsp3) is 0.552. The van der Waals surface area contributed by atoms with Gasteiger partial charge in [-0.2, -0.15) is 5.10 Å². The Kier molecular flexibility index (Phi) is 6.35. The molecular formula is C29H37N5O2S. The highest BCUT2D eigenvalue weighted by atomic mass is 32.1. The molecule has 0 unspecified atom stereocenters. The van der Waals surface area contributed by atoms with Crippen molar-refractivity contribution < 1.29 is 9.53 Å². The summed E-state index contributed by atoms with van der Waals surface area (Å²) in [7, 11) is 0. The van der Waals surface area contributed by atoms with Crippen LogP contribution in [0.25, 0.3) is 27.1 Å². The number of nitrogens with zero attached hydrogens (tertiary/aromatic N) is 4. The number of likely N-dealkylation sites (tertiary alicyclic amines) is 1. The van der Waals surface area contributed by atoms with Crippen molar-refractivity contribution in [1.82, 2.24) is 24.5 Å². The van der Waals surface area contributed by atoms with E-state index in [1.807, 2.05) is 22.8 Å². The van der Waals surface area contributed by atoms with Gasteiger partial charge in [0.25, 0.3) is 0 Å². The van der Waals surface area contributed by atoms with Crippen LogP contribution in [-0.2, 0) is 9.53 Å². The van der Waals surface area contributed by atoms with Crippen LogP contribution in [0.1, 0.15) is 78.8 Å². The average Bonchev–Trinajstić information content (AvgIpc) is 3.56. The van der Waals surface area contributed by atoms with E-state index in [1.165, 1.54) is 31.9 Å². The molecule has 0 radical (unpaired) electrons. The van der Waals surface area contributed by atoms with E-state index in [-0.39, 0.29) is 5.92 Å². The van der Waals surface area contributed by atoms with Gasteiger partial charge in [-0.25, -0.2) is 9.50 Å². The summed E-state index contributed by atoms with van der Waals surface area (Å²) < 4.78 is 7.48. The third-order valence-corrected chi connectivity index (χ3v) is 9.61. The van der Waals surface area contributed by atoms with Gasteiger partial charge in [-0.1, -0.05) is 13.8 Å². The third-order valence-electron chi connectivity index (χ3n) is 8.24. The first-order chi connectivity index (χ1) is 17.8. The maximum atomic E-state index is 13.0. The molecule has 1 N–H and O–H groups in total. The van der Waals surface area contributed by atoms with Crippen molar-refractivity contribution in [2.24, 2.45) is 5.92 Å². The van der Waals surface area contributed by atoms with Crippen LogP contribution in [0, 0.1) is 26.7 Å². The minimum Gasteiger partial charge on any atom is -0.381 e. The number of carbonyl (C=O) groups excluding carboxylic acids is 1. The Bertz CT molecular complexity index is 1460. The summed E-state index contributed by atoms with van der Waals surface area (Å²) >= 11 is 1.91. The van der Waals surface area contributed by atoms with E-state index in [9.17, 15) is 4.79 Å². The Morgan fingerprint density at radius 1 is 1.19 bits per heavy atom. The molecule has 1 atom stereocenters. The van der Waals surface area contributed by atoms with Crippen LogP contribution in [0.5, 0.6) is 0 Å². The molecule has 0 saturated carbocycles. The zero-order valence-electron chi connectivity index (χ0n) is 22.6. The van der Waals surface area contributed by atoms with Crippen LogP contribution in [0.15, 0.2) is 12.3 Å². The minimum atomic E-state index is 0.0585. The van der Waals surface area contributed by atoms with E-state index in [0.29, 0.717) is 24.3 Å². The van der Waals surface area contributed by atoms with Crippen molar-refractivity contribution in [3.63, 3.8) is 0 Å². The molecule has 7 nitrogen and oxygen atoms in total. The molecule has 0 aliphatic carbocycles. The highest BCUT2D eigenvalue weighted by Crippen LogP contribution is 2.46. The van der Waals surface area contributed by atoms with Crippen LogP contribution in [0.2, 0.25) is 0 Å². The zero-order chi connectivity index (χ0) is 25.8. The summed E-state index contributed by atoms with van der Waals surface area (Å²) in [6.45, 7) is 14.0. The summed E-state index contributed by atoms with van der Waals surface area (Å²) in [4.78, 5) is 26.2. The maximum absolute atomic E-state index is 13.0. The molecule has 4 aromatic heterocycles. The first kappa shape index (κ1) is 24.6. The van der Waals surface area contributed by atoms with Gasteiger partial charge < -0.3 is 14.6 Å². The van der Waals surface area contributed by atoms with Crippen molar-refractivity contribution in [1.29, 1.82) is 0 Å². The molecule has 0 aromatic carbocycles. The van der Waals surface area contributed by atoms with Gasteiger partial charge in [0, 0.05) is 41.7 Å². The number of ether oxygens (including phenoxy) is 1. The lowest BCUT2D eigenvalue weighted by Gasteiger charge is -2.35. The number of amides is 1. The van der Waals surface area contributed by atoms with Crippen molar-refractivity contribution in [2.75, 3.05) is 26.3 Å². The molecule has 2 aliphatic heterocycles. The quantitative estimate of drug-likeness (QED) is 0.352. The number of H-pyrrole nitrogens is 1. The summed E-state index contributed by atoms with van der Waals surface area (Å²) in [5, 5.41) is 5.96. The average molecular weight is 520 g/mol. The number of piperidine rings is 1. The van der Waals surface area contributed by atoms with Gasteiger partial charge in [-0.3, -0.25) is 4.79 Å². The topological polar surface area (TPSA) is 75.5 Å². The Labute approximate surface area is 222 Å².